The Morgan fingerprint density at radius 3 is 2.92 bits per heavy atom. The lowest BCUT2D eigenvalue weighted by Gasteiger charge is -2.55. The summed E-state index contributed by atoms with van der Waals surface area (Å²) in [5, 5.41) is 21.5. The van der Waals surface area contributed by atoms with Crippen LogP contribution in [0.3, 0.4) is 0 Å². The first-order chi connectivity index (χ1) is 12.5. The molecule has 0 radical (unpaired) electrons. The maximum absolute atomic E-state index is 12.6. The Morgan fingerprint density at radius 2 is 2.27 bits per heavy atom. The van der Waals surface area contributed by atoms with Gasteiger partial charge in [-0.1, -0.05) is 19.1 Å². The third-order valence-corrected chi connectivity index (χ3v) is 7.80. The summed E-state index contributed by atoms with van der Waals surface area (Å²) >= 11 is 0. The number of aliphatic hydroxyl groups excluding tert-OH is 2. The molecule has 6 atom stereocenters. The van der Waals surface area contributed by atoms with Crippen LogP contribution in [0, 0.1) is 28.1 Å². The van der Waals surface area contributed by atoms with Crippen LogP contribution in [-0.2, 0) is 16.0 Å². The Balaban J connectivity index is 1.72. The van der Waals surface area contributed by atoms with E-state index in [-0.39, 0.29) is 29.8 Å². The van der Waals surface area contributed by atoms with Crippen molar-refractivity contribution in [3.63, 3.8) is 0 Å². The van der Waals surface area contributed by atoms with E-state index in [9.17, 15) is 15.0 Å². The van der Waals surface area contributed by atoms with Gasteiger partial charge in [-0.2, -0.15) is 0 Å². The molecule has 1 aromatic heterocycles. The van der Waals surface area contributed by atoms with Gasteiger partial charge < -0.3 is 19.4 Å². The molecular weight excluding hydrogens is 332 g/mol. The molecule has 0 aromatic carbocycles. The van der Waals surface area contributed by atoms with Gasteiger partial charge in [0.1, 0.15) is 0 Å². The lowest BCUT2D eigenvalue weighted by Crippen LogP contribution is -2.56. The molecule has 142 valence electrons. The molecule has 1 aromatic rings. The molecule has 1 heterocycles. The number of hydrogen-bond acceptors (Lipinski definition) is 5. The Morgan fingerprint density at radius 1 is 1.46 bits per heavy atom. The second-order valence-electron chi connectivity index (χ2n) is 8.59. The molecule has 1 spiro atoms. The van der Waals surface area contributed by atoms with Gasteiger partial charge in [-0.05, 0) is 55.1 Å². The largest absolute Gasteiger partial charge is 0.472 e. The van der Waals surface area contributed by atoms with Gasteiger partial charge in [-0.3, -0.25) is 4.79 Å². The highest BCUT2D eigenvalue weighted by molar-refractivity contribution is 5.85. The van der Waals surface area contributed by atoms with Crippen molar-refractivity contribution in [2.75, 3.05) is 13.7 Å². The summed E-state index contributed by atoms with van der Waals surface area (Å²) in [6, 6.07) is 1.95. The van der Waals surface area contributed by atoms with E-state index in [2.05, 4.69) is 6.92 Å². The SMILES string of the molecule is COC(=O)[C@@]12C=C[C@H](O)[C@@H]3[C@@](CO)(CCc4ccoc4)[C@H](C)CC[C@]31C2. The van der Waals surface area contributed by atoms with Gasteiger partial charge in [-0.15, -0.1) is 0 Å². The lowest BCUT2D eigenvalue weighted by atomic mass is 9.49. The van der Waals surface area contributed by atoms with Gasteiger partial charge in [0.05, 0.1) is 31.2 Å². The molecule has 26 heavy (non-hydrogen) atoms. The molecule has 2 fully saturated rings. The van der Waals surface area contributed by atoms with Crippen molar-refractivity contribution in [3.8, 4) is 0 Å². The fourth-order valence-corrected chi connectivity index (χ4v) is 6.26. The van der Waals surface area contributed by atoms with E-state index in [1.54, 1.807) is 18.6 Å². The first-order valence-electron chi connectivity index (χ1n) is 9.53. The molecule has 4 rings (SSSR count). The Bertz CT molecular complexity index is 710. The van der Waals surface area contributed by atoms with E-state index in [1.807, 2.05) is 12.1 Å². The van der Waals surface area contributed by atoms with Gasteiger partial charge in [-0.25, -0.2) is 0 Å². The number of rotatable bonds is 5. The van der Waals surface area contributed by atoms with Crippen LogP contribution in [0.2, 0.25) is 0 Å². The van der Waals surface area contributed by atoms with Crippen LogP contribution in [0.5, 0.6) is 0 Å². The quantitative estimate of drug-likeness (QED) is 0.623. The van der Waals surface area contributed by atoms with E-state index in [0.29, 0.717) is 6.42 Å². The molecule has 5 nitrogen and oxygen atoms in total. The summed E-state index contributed by atoms with van der Waals surface area (Å²) in [6.07, 6.45) is 10.5. The highest BCUT2D eigenvalue weighted by atomic mass is 16.5. The van der Waals surface area contributed by atoms with Crippen molar-refractivity contribution in [1.82, 2.24) is 0 Å². The maximum atomic E-state index is 12.6. The van der Waals surface area contributed by atoms with E-state index >= 15 is 0 Å². The number of aliphatic hydroxyl groups is 2. The number of methoxy groups -OCH3 is 1. The number of ether oxygens (including phenoxy) is 1. The summed E-state index contributed by atoms with van der Waals surface area (Å²) < 4.78 is 10.3. The van der Waals surface area contributed by atoms with Crippen LogP contribution in [-0.4, -0.2) is 36.0 Å². The third-order valence-electron chi connectivity index (χ3n) is 7.80. The smallest absolute Gasteiger partial charge is 0.316 e. The zero-order valence-corrected chi connectivity index (χ0v) is 15.5. The number of carbonyl (C=O) groups is 1. The molecule has 2 N–H and O–H groups in total. The number of furan rings is 1. The molecule has 0 bridgehead atoms. The number of esters is 1. The van der Waals surface area contributed by atoms with Crippen molar-refractivity contribution in [1.29, 1.82) is 0 Å². The fraction of sp³-hybridized carbons (Fsp3) is 0.667. The van der Waals surface area contributed by atoms with Crippen molar-refractivity contribution < 1.29 is 24.2 Å². The molecule has 5 heteroatoms. The van der Waals surface area contributed by atoms with Gasteiger partial charge in [0.15, 0.2) is 0 Å². The Hall–Kier alpha value is -1.59. The van der Waals surface area contributed by atoms with Gasteiger partial charge in [0.25, 0.3) is 0 Å². The second kappa shape index (κ2) is 5.96. The normalized spacial score (nSPS) is 43.5. The third kappa shape index (κ3) is 2.13. The summed E-state index contributed by atoms with van der Waals surface area (Å²) in [5.41, 5.74) is -0.238. The molecule has 0 saturated heterocycles. The van der Waals surface area contributed by atoms with Crippen molar-refractivity contribution in [3.05, 3.63) is 36.3 Å². The lowest BCUT2D eigenvalue weighted by molar-refractivity contribution is -0.156. The Kier molecular flexibility index (Phi) is 4.08. The summed E-state index contributed by atoms with van der Waals surface area (Å²) in [6.45, 7) is 2.19. The average molecular weight is 360 g/mol. The Labute approximate surface area is 154 Å². The molecule has 2 saturated carbocycles. The van der Waals surface area contributed by atoms with Crippen LogP contribution in [0.15, 0.2) is 35.2 Å². The first kappa shape index (κ1) is 17.8. The second-order valence-corrected chi connectivity index (χ2v) is 8.59. The monoisotopic (exact) mass is 360 g/mol. The first-order valence-corrected chi connectivity index (χ1v) is 9.53. The van der Waals surface area contributed by atoms with Gasteiger partial charge >= 0.3 is 5.97 Å². The topological polar surface area (TPSA) is 79.9 Å². The molecule has 3 aliphatic rings. The predicted molar refractivity (Wildman–Crippen MR) is 95.1 cm³/mol. The van der Waals surface area contributed by atoms with E-state index < -0.39 is 16.9 Å². The minimum absolute atomic E-state index is 0.0145. The number of hydrogen-bond donors (Lipinski definition) is 2. The van der Waals surface area contributed by atoms with Crippen molar-refractivity contribution >= 4 is 5.97 Å². The average Bonchev–Trinajstić information content (AvgIpc) is 3.03. The van der Waals surface area contributed by atoms with Crippen LogP contribution in [0.25, 0.3) is 0 Å². The van der Waals surface area contributed by atoms with Gasteiger partial charge in [0, 0.05) is 17.9 Å². The zero-order chi connectivity index (χ0) is 18.6. The predicted octanol–water partition coefficient (Wildman–Crippen LogP) is 2.72. The highest BCUT2D eigenvalue weighted by Gasteiger charge is 2.79. The standard InChI is InChI=1S/C21H28O5/c1-14-3-8-20-12-21(20,18(24)25-2)9-5-16(23)17(20)19(14,13-22)7-4-15-6-10-26-11-15/h5-6,9-11,14,16-17,22-23H,3-4,7-8,12-13H2,1-2H3/t14-,16+,17-,19-,20+,21+/m1/s1. The highest BCUT2D eigenvalue weighted by Crippen LogP contribution is 2.79. The summed E-state index contributed by atoms with van der Waals surface area (Å²) in [5.74, 6) is -0.0752. The zero-order valence-electron chi connectivity index (χ0n) is 15.5. The molecule has 0 aliphatic heterocycles. The molecular formula is C21H28O5. The summed E-state index contributed by atoms with van der Waals surface area (Å²) in [4.78, 5) is 12.6. The molecule has 3 aliphatic carbocycles. The number of carbonyl (C=O) groups excluding carboxylic acids is 1. The van der Waals surface area contributed by atoms with Crippen LogP contribution in [0.4, 0.5) is 0 Å². The minimum Gasteiger partial charge on any atom is -0.472 e. The minimum atomic E-state index is -0.644. The van der Waals surface area contributed by atoms with Gasteiger partial charge in [0.2, 0.25) is 0 Å². The van der Waals surface area contributed by atoms with E-state index in [0.717, 1.165) is 31.2 Å². The van der Waals surface area contributed by atoms with E-state index in [4.69, 9.17) is 9.15 Å². The van der Waals surface area contributed by atoms with Crippen LogP contribution >= 0.6 is 0 Å². The summed E-state index contributed by atoms with van der Waals surface area (Å²) in [7, 11) is 1.43. The van der Waals surface area contributed by atoms with Crippen molar-refractivity contribution in [2.45, 2.75) is 45.1 Å². The molecule has 0 unspecified atom stereocenters. The number of aryl methyl sites for hydroxylation is 1. The van der Waals surface area contributed by atoms with Crippen LogP contribution < -0.4 is 0 Å². The van der Waals surface area contributed by atoms with E-state index in [1.165, 1.54) is 7.11 Å². The molecule has 0 amide bonds. The maximum Gasteiger partial charge on any atom is 0.316 e. The fourth-order valence-electron chi connectivity index (χ4n) is 6.26. The van der Waals surface area contributed by atoms with Crippen molar-refractivity contribution in [2.24, 2.45) is 28.1 Å². The van der Waals surface area contributed by atoms with Crippen LogP contribution in [0.1, 0.15) is 38.2 Å².